The third-order valence-corrected chi connectivity index (χ3v) is 6.36. The van der Waals surface area contributed by atoms with Gasteiger partial charge in [0.2, 0.25) is 0 Å². The Morgan fingerprint density at radius 2 is 1.85 bits per heavy atom. The third kappa shape index (κ3) is 4.92. The largest absolute Gasteiger partial charge is 0.459 e. The first-order valence-corrected chi connectivity index (χ1v) is 11.8. The summed E-state index contributed by atoms with van der Waals surface area (Å²) in [6.45, 7) is 5.35. The summed E-state index contributed by atoms with van der Waals surface area (Å²) in [4.78, 5) is 31.6. The number of aromatic nitrogens is 1. The van der Waals surface area contributed by atoms with Gasteiger partial charge < -0.3 is 4.74 Å². The van der Waals surface area contributed by atoms with Crippen LogP contribution in [0.15, 0.2) is 81.7 Å². The van der Waals surface area contributed by atoms with E-state index in [1.165, 1.54) is 11.3 Å². The van der Waals surface area contributed by atoms with Crippen molar-refractivity contribution in [2.75, 3.05) is 0 Å². The van der Waals surface area contributed by atoms with Crippen LogP contribution in [0.4, 0.5) is 0 Å². The highest BCUT2D eigenvalue weighted by Gasteiger charge is 2.33. The lowest BCUT2D eigenvalue weighted by Gasteiger charge is -2.25. The number of nitrogens with zero attached hydrogens (tertiary/aromatic N) is 2. The van der Waals surface area contributed by atoms with Crippen LogP contribution in [0, 0.1) is 0 Å². The normalized spacial score (nSPS) is 16.3. The van der Waals surface area contributed by atoms with Crippen molar-refractivity contribution in [2.45, 2.75) is 32.9 Å². The van der Waals surface area contributed by atoms with Crippen molar-refractivity contribution in [1.29, 1.82) is 0 Å². The van der Waals surface area contributed by atoms with Crippen LogP contribution in [0.5, 0.6) is 0 Å². The summed E-state index contributed by atoms with van der Waals surface area (Å²) in [5.41, 5.74) is 2.48. The molecule has 1 atom stereocenters. The summed E-state index contributed by atoms with van der Waals surface area (Å²) in [5, 5.41) is 0.573. The maximum Gasteiger partial charge on any atom is 0.338 e. The van der Waals surface area contributed by atoms with Gasteiger partial charge in [-0.25, -0.2) is 9.79 Å². The Kier molecular flexibility index (Phi) is 6.77. The summed E-state index contributed by atoms with van der Waals surface area (Å²) in [6, 6.07) is 16.3. The van der Waals surface area contributed by atoms with Crippen LogP contribution in [0.3, 0.4) is 0 Å². The molecule has 0 saturated carbocycles. The number of hydrogen-bond donors (Lipinski definition) is 0. The van der Waals surface area contributed by atoms with Crippen LogP contribution in [-0.4, -0.2) is 16.6 Å². The zero-order chi connectivity index (χ0) is 23.5. The van der Waals surface area contributed by atoms with Crippen LogP contribution in [0.2, 0.25) is 5.02 Å². The maximum atomic E-state index is 13.5. The molecule has 3 aromatic rings. The highest BCUT2D eigenvalue weighted by Crippen LogP contribution is 2.31. The minimum absolute atomic E-state index is 0.209. The Bertz CT molecular complexity index is 1410. The fraction of sp³-hybridized carbons (Fsp3) is 0.192. The van der Waals surface area contributed by atoms with Gasteiger partial charge in [-0.3, -0.25) is 9.36 Å². The SMILES string of the molecule is CC1=C(C(=O)OC(C)C)[C@@H](c2ccc(Cl)cc2)n2c(s/c(=C/C=C/c3ccccc3)c2=O)=N1. The second-order valence-electron chi connectivity index (χ2n) is 7.88. The van der Waals surface area contributed by atoms with E-state index < -0.39 is 12.0 Å². The highest BCUT2D eigenvalue weighted by atomic mass is 35.5. The molecule has 2 aromatic carbocycles. The van der Waals surface area contributed by atoms with Crippen molar-refractivity contribution in [3.63, 3.8) is 0 Å². The molecule has 0 unspecified atom stereocenters. The van der Waals surface area contributed by atoms with Gasteiger partial charge in [-0.1, -0.05) is 77.6 Å². The Hall–Kier alpha value is -3.22. The zero-order valence-electron chi connectivity index (χ0n) is 18.5. The van der Waals surface area contributed by atoms with Gasteiger partial charge >= 0.3 is 5.97 Å². The molecule has 0 radical (unpaired) electrons. The lowest BCUT2D eigenvalue weighted by atomic mass is 9.96. The maximum absolute atomic E-state index is 13.5. The van der Waals surface area contributed by atoms with E-state index in [0.29, 0.717) is 25.6 Å². The molecule has 2 heterocycles. The van der Waals surface area contributed by atoms with Gasteiger partial charge in [-0.05, 0) is 50.1 Å². The van der Waals surface area contributed by atoms with Crippen LogP contribution >= 0.6 is 22.9 Å². The summed E-state index contributed by atoms with van der Waals surface area (Å²) in [6.07, 6.45) is 5.27. The van der Waals surface area contributed by atoms with Crippen molar-refractivity contribution in [3.8, 4) is 0 Å². The Balaban J connectivity index is 1.85. The fourth-order valence-electron chi connectivity index (χ4n) is 3.65. The van der Waals surface area contributed by atoms with Gasteiger partial charge in [0.05, 0.1) is 27.9 Å². The number of fused-ring (bicyclic) bond motifs is 1. The number of carbonyl (C=O) groups excluding carboxylic acids is 1. The number of thiazole rings is 1. The van der Waals surface area contributed by atoms with E-state index in [2.05, 4.69) is 4.99 Å². The van der Waals surface area contributed by atoms with Gasteiger partial charge in [0, 0.05) is 5.02 Å². The molecule has 4 rings (SSSR count). The van der Waals surface area contributed by atoms with E-state index in [-0.39, 0.29) is 11.7 Å². The average Bonchev–Trinajstić information content (AvgIpc) is 3.08. The number of ether oxygens (including phenoxy) is 1. The molecule has 0 bridgehead atoms. The molecule has 0 spiro atoms. The number of benzene rings is 2. The van der Waals surface area contributed by atoms with Crippen LogP contribution in [0.1, 0.15) is 37.9 Å². The molecular weight excluding hydrogens is 456 g/mol. The molecule has 0 aliphatic carbocycles. The zero-order valence-corrected chi connectivity index (χ0v) is 20.1. The van der Waals surface area contributed by atoms with Crippen molar-refractivity contribution in [2.24, 2.45) is 4.99 Å². The second-order valence-corrected chi connectivity index (χ2v) is 9.33. The first kappa shape index (κ1) is 23.0. The number of esters is 1. The molecule has 33 heavy (non-hydrogen) atoms. The lowest BCUT2D eigenvalue weighted by molar-refractivity contribution is -0.143. The van der Waals surface area contributed by atoms with Crippen molar-refractivity contribution < 1.29 is 9.53 Å². The van der Waals surface area contributed by atoms with E-state index in [1.54, 1.807) is 43.5 Å². The second kappa shape index (κ2) is 9.73. The topological polar surface area (TPSA) is 60.7 Å². The van der Waals surface area contributed by atoms with Crippen molar-refractivity contribution in [3.05, 3.63) is 108 Å². The summed E-state index contributed by atoms with van der Waals surface area (Å²) < 4.78 is 7.60. The molecule has 0 saturated heterocycles. The number of hydrogen-bond acceptors (Lipinski definition) is 5. The van der Waals surface area contributed by atoms with E-state index in [4.69, 9.17) is 16.3 Å². The third-order valence-electron chi connectivity index (χ3n) is 5.11. The number of allylic oxidation sites excluding steroid dienone is 2. The Morgan fingerprint density at radius 1 is 1.15 bits per heavy atom. The van der Waals surface area contributed by atoms with Gasteiger partial charge in [-0.15, -0.1) is 0 Å². The van der Waals surface area contributed by atoms with Crippen molar-refractivity contribution in [1.82, 2.24) is 4.57 Å². The lowest BCUT2D eigenvalue weighted by Crippen LogP contribution is -2.40. The quantitative estimate of drug-likeness (QED) is 0.507. The van der Waals surface area contributed by atoms with Gasteiger partial charge in [-0.2, -0.15) is 0 Å². The Labute approximate surface area is 200 Å². The minimum atomic E-state index is -0.648. The fourth-order valence-corrected chi connectivity index (χ4v) is 4.77. The van der Waals surface area contributed by atoms with E-state index in [9.17, 15) is 9.59 Å². The van der Waals surface area contributed by atoms with Crippen molar-refractivity contribution >= 4 is 41.1 Å². The van der Waals surface area contributed by atoms with Gasteiger partial charge in [0.15, 0.2) is 4.80 Å². The molecule has 1 aliphatic heterocycles. The summed E-state index contributed by atoms with van der Waals surface area (Å²) >= 11 is 7.38. The minimum Gasteiger partial charge on any atom is -0.459 e. The Morgan fingerprint density at radius 3 is 2.52 bits per heavy atom. The molecular formula is C26H23ClN2O3S. The smallest absolute Gasteiger partial charge is 0.338 e. The predicted molar refractivity (Wildman–Crippen MR) is 133 cm³/mol. The van der Waals surface area contributed by atoms with E-state index in [1.807, 2.05) is 54.6 Å². The molecule has 5 nitrogen and oxygen atoms in total. The molecule has 168 valence electrons. The predicted octanol–water partition coefficient (Wildman–Crippen LogP) is 4.51. The van der Waals surface area contributed by atoms with Gasteiger partial charge in [0.1, 0.15) is 0 Å². The monoisotopic (exact) mass is 478 g/mol. The summed E-state index contributed by atoms with van der Waals surface area (Å²) in [7, 11) is 0. The molecule has 0 fully saturated rings. The average molecular weight is 479 g/mol. The van der Waals surface area contributed by atoms with Crippen LogP contribution < -0.4 is 14.9 Å². The highest BCUT2D eigenvalue weighted by molar-refractivity contribution is 7.07. The van der Waals surface area contributed by atoms with E-state index >= 15 is 0 Å². The number of halogens is 1. The van der Waals surface area contributed by atoms with Gasteiger partial charge in [0.25, 0.3) is 5.56 Å². The standard InChI is InChI=1S/C26H23ClN2O3S/c1-16(2)32-25(31)22-17(3)28-26-29(23(22)19-12-14-20(27)15-13-19)24(30)21(33-26)11-7-10-18-8-5-4-6-9-18/h4-16,23H,1-3H3/b10-7+,21-11+/t23-/m1/s1. The first-order chi connectivity index (χ1) is 15.8. The number of rotatable bonds is 5. The number of carbonyl (C=O) groups is 1. The molecule has 1 aromatic heterocycles. The van der Waals surface area contributed by atoms with Crippen LogP contribution in [0.25, 0.3) is 12.2 Å². The van der Waals surface area contributed by atoms with Crippen LogP contribution in [-0.2, 0) is 9.53 Å². The van der Waals surface area contributed by atoms with E-state index in [0.717, 1.165) is 11.1 Å². The first-order valence-electron chi connectivity index (χ1n) is 10.6. The molecule has 7 heteroatoms. The molecule has 0 amide bonds. The molecule has 0 N–H and O–H groups in total. The molecule has 1 aliphatic rings. The summed E-state index contributed by atoms with van der Waals surface area (Å²) in [5.74, 6) is -0.482.